The van der Waals surface area contributed by atoms with Gasteiger partial charge in [0.2, 0.25) is 0 Å². The lowest BCUT2D eigenvalue weighted by Crippen LogP contribution is -2.14. The van der Waals surface area contributed by atoms with Gasteiger partial charge in [-0.1, -0.05) is 50.1 Å². The Morgan fingerprint density at radius 3 is 2.56 bits per heavy atom. The number of hydrogen-bond acceptors (Lipinski definition) is 2. The number of carbonyl (C=O) groups excluding carboxylic acids is 1. The van der Waals surface area contributed by atoms with Crippen LogP contribution in [0.25, 0.3) is 0 Å². The number of carbonyl (C=O) groups is 1. The van der Waals surface area contributed by atoms with E-state index >= 15 is 0 Å². The zero-order chi connectivity index (χ0) is 12.8. The molecule has 0 bridgehead atoms. The van der Waals surface area contributed by atoms with Crippen LogP contribution in [0.3, 0.4) is 0 Å². The molecule has 0 aromatic heterocycles. The van der Waals surface area contributed by atoms with Crippen molar-refractivity contribution in [3.63, 3.8) is 0 Å². The number of hydrogen-bond donors (Lipinski definition) is 0. The summed E-state index contributed by atoms with van der Waals surface area (Å²) in [5, 5.41) is 0. The molecular weight excluding hydrogens is 224 g/mol. The Balaban J connectivity index is 1.69. The summed E-state index contributed by atoms with van der Waals surface area (Å²) >= 11 is 0. The van der Waals surface area contributed by atoms with E-state index in [1.54, 1.807) is 0 Å². The third kappa shape index (κ3) is 3.86. The van der Waals surface area contributed by atoms with E-state index in [2.05, 4.69) is 6.92 Å². The summed E-state index contributed by atoms with van der Waals surface area (Å²) in [5.74, 6) is -0.0630. The fourth-order valence-corrected chi connectivity index (χ4v) is 2.69. The molecular formula is C16H22O2. The molecule has 0 spiro atoms. The molecule has 2 rings (SSSR count). The molecule has 1 aliphatic rings. The highest BCUT2D eigenvalue weighted by Crippen LogP contribution is 2.41. The Kier molecular flexibility index (Phi) is 4.40. The van der Waals surface area contributed by atoms with Gasteiger partial charge in [0.15, 0.2) is 0 Å². The maximum Gasteiger partial charge on any atom is 0.306 e. The first-order chi connectivity index (χ1) is 8.68. The Hall–Kier alpha value is -1.31. The maximum atomic E-state index is 11.7. The minimum absolute atomic E-state index is 0.0630. The van der Waals surface area contributed by atoms with Crippen molar-refractivity contribution in [2.75, 3.05) is 0 Å². The molecule has 18 heavy (non-hydrogen) atoms. The third-order valence-corrected chi connectivity index (χ3v) is 3.99. The summed E-state index contributed by atoms with van der Waals surface area (Å²) in [5.41, 5.74) is 1.43. The maximum absolute atomic E-state index is 11.7. The smallest absolute Gasteiger partial charge is 0.306 e. The first kappa shape index (κ1) is 13.1. The standard InChI is InChI=1S/C16H22O2/c1-16(10-5-6-11-16)12-9-15(17)18-13-14-7-3-2-4-8-14/h2-4,7-8H,5-6,9-13H2,1H3. The lowest BCUT2D eigenvalue weighted by molar-refractivity contribution is -0.145. The highest BCUT2D eigenvalue weighted by molar-refractivity contribution is 5.69. The largest absolute Gasteiger partial charge is 0.461 e. The molecule has 0 atom stereocenters. The van der Waals surface area contributed by atoms with Gasteiger partial charge in [0.05, 0.1) is 0 Å². The van der Waals surface area contributed by atoms with Gasteiger partial charge in [-0.15, -0.1) is 0 Å². The predicted molar refractivity (Wildman–Crippen MR) is 72.0 cm³/mol. The highest BCUT2D eigenvalue weighted by Gasteiger charge is 2.28. The summed E-state index contributed by atoms with van der Waals surface area (Å²) in [4.78, 5) is 11.7. The van der Waals surface area contributed by atoms with Crippen LogP contribution in [0.4, 0.5) is 0 Å². The van der Waals surface area contributed by atoms with Gasteiger partial charge in [0.25, 0.3) is 0 Å². The molecule has 2 heteroatoms. The van der Waals surface area contributed by atoms with Crippen LogP contribution in [0, 0.1) is 5.41 Å². The quantitative estimate of drug-likeness (QED) is 0.731. The van der Waals surface area contributed by atoms with Crippen LogP contribution < -0.4 is 0 Å². The van der Waals surface area contributed by atoms with E-state index in [0.29, 0.717) is 18.4 Å². The van der Waals surface area contributed by atoms with Crippen molar-refractivity contribution in [3.05, 3.63) is 35.9 Å². The number of benzene rings is 1. The molecule has 98 valence electrons. The molecule has 1 aliphatic carbocycles. The second kappa shape index (κ2) is 6.03. The van der Waals surface area contributed by atoms with Gasteiger partial charge >= 0.3 is 5.97 Å². The molecule has 0 radical (unpaired) electrons. The van der Waals surface area contributed by atoms with E-state index in [9.17, 15) is 4.79 Å². The van der Waals surface area contributed by atoms with Crippen LogP contribution in [-0.4, -0.2) is 5.97 Å². The number of esters is 1. The first-order valence-corrected chi connectivity index (χ1v) is 6.88. The molecule has 0 N–H and O–H groups in total. The lowest BCUT2D eigenvalue weighted by atomic mass is 9.84. The van der Waals surface area contributed by atoms with Crippen molar-refractivity contribution in [1.29, 1.82) is 0 Å². The van der Waals surface area contributed by atoms with Gasteiger partial charge in [-0.25, -0.2) is 0 Å². The zero-order valence-corrected chi connectivity index (χ0v) is 11.2. The summed E-state index contributed by atoms with van der Waals surface area (Å²) in [6, 6.07) is 9.84. The third-order valence-electron chi connectivity index (χ3n) is 3.99. The van der Waals surface area contributed by atoms with Crippen molar-refractivity contribution in [2.45, 2.75) is 52.1 Å². The second-order valence-corrected chi connectivity index (χ2v) is 5.66. The van der Waals surface area contributed by atoms with Crippen molar-refractivity contribution in [3.8, 4) is 0 Å². The minimum Gasteiger partial charge on any atom is -0.461 e. The van der Waals surface area contributed by atoms with Gasteiger partial charge in [-0.2, -0.15) is 0 Å². The molecule has 0 saturated heterocycles. The topological polar surface area (TPSA) is 26.3 Å². The van der Waals surface area contributed by atoms with Crippen LogP contribution in [0.1, 0.15) is 51.0 Å². The van der Waals surface area contributed by atoms with Crippen molar-refractivity contribution in [1.82, 2.24) is 0 Å². The Morgan fingerprint density at radius 1 is 1.22 bits per heavy atom. The summed E-state index contributed by atoms with van der Waals surface area (Å²) < 4.78 is 5.29. The molecule has 0 aliphatic heterocycles. The predicted octanol–water partition coefficient (Wildman–Crippen LogP) is 4.09. The van der Waals surface area contributed by atoms with Crippen LogP contribution in [0.2, 0.25) is 0 Å². The van der Waals surface area contributed by atoms with Gasteiger partial charge in [-0.05, 0) is 30.2 Å². The normalized spacial score (nSPS) is 17.6. The number of ether oxygens (including phenoxy) is 1. The molecule has 2 nitrogen and oxygen atoms in total. The number of rotatable bonds is 5. The second-order valence-electron chi connectivity index (χ2n) is 5.66. The monoisotopic (exact) mass is 246 g/mol. The fourth-order valence-electron chi connectivity index (χ4n) is 2.69. The lowest BCUT2D eigenvalue weighted by Gasteiger charge is -2.22. The van der Waals surface area contributed by atoms with Crippen LogP contribution >= 0.6 is 0 Å². The molecule has 1 aromatic rings. The minimum atomic E-state index is -0.0630. The molecule has 1 aromatic carbocycles. The summed E-state index contributed by atoms with van der Waals surface area (Å²) in [7, 11) is 0. The van der Waals surface area contributed by atoms with E-state index in [1.165, 1.54) is 25.7 Å². The summed E-state index contributed by atoms with van der Waals surface area (Å²) in [6.45, 7) is 2.70. The van der Waals surface area contributed by atoms with Gasteiger partial charge in [-0.3, -0.25) is 4.79 Å². The first-order valence-electron chi connectivity index (χ1n) is 6.88. The molecule has 1 fully saturated rings. The van der Waals surface area contributed by atoms with E-state index in [1.807, 2.05) is 30.3 Å². The van der Waals surface area contributed by atoms with E-state index in [0.717, 1.165) is 12.0 Å². The molecule has 0 unspecified atom stereocenters. The van der Waals surface area contributed by atoms with Gasteiger partial charge in [0, 0.05) is 6.42 Å². The van der Waals surface area contributed by atoms with E-state index in [4.69, 9.17) is 4.74 Å². The Morgan fingerprint density at radius 2 is 1.89 bits per heavy atom. The van der Waals surface area contributed by atoms with E-state index in [-0.39, 0.29) is 5.97 Å². The molecule has 0 heterocycles. The zero-order valence-electron chi connectivity index (χ0n) is 11.2. The van der Waals surface area contributed by atoms with Gasteiger partial charge in [0.1, 0.15) is 6.61 Å². The summed E-state index contributed by atoms with van der Waals surface area (Å²) in [6.07, 6.45) is 6.69. The average molecular weight is 246 g/mol. The molecule has 1 saturated carbocycles. The van der Waals surface area contributed by atoms with Crippen molar-refractivity contribution >= 4 is 5.97 Å². The highest BCUT2D eigenvalue weighted by atomic mass is 16.5. The average Bonchev–Trinajstić information content (AvgIpc) is 2.83. The van der Waals surface area contributed by atoms with Crippen LogP contribution in [0.15, 0.2) is 30.3 Å². The fraction of sp³-hybridized carbons (Fsp3) is 0.562. The van der Waals surface area contributed by atoms with Crippen molar-refractivity contribution < 1.29 is 9.53 Å². The Labute approximate surface area is 109 Å². The SMILES string of the molecule is CC1(CCC(=O)OCc2ccccc2)CCCC1. The van der Waals surface area contributed by atoms with Crippen LogP contribution in [0.5, 0.6) is 0 Å². The van der Waals surface area contributed by atoms with E-state index < -0.39 is 0 Å². The van der Waals surface area contributed by atoms with Crippen molar-refractivity contribution in [2.24, 2.45) is 5.41 Å². The van der Waals surface area contributed by atoms with Crippen LogP contribution in [-0.2, 0) is 16.1 Å². The Bertz CT molecular complexity index is 377. The molecule has 0 amide bonds. The van der Waals surface area contributed by atoms with Gasteiger partial charge < -0.3 is 4.74 Å².